The van der Waals surface area contributed by atoms with E-state index in [9.17, 15) is 20.4 Å². The molecule has 13 heteroatoms. The Morgan fingerprint density at radius 1 is 1.09 bits per heavy atom. The number of nitrogens with one attached hydrogen (secondary N) is 1. The van der Waals surface area contributed by atoms with Crippen LogP contribution in [0.5, 0.6) is 0 Å². The minimum Gasteiger partial charge on any atom is -0.394 e. The van der Waals surface area contributed by atoms with Gasteiger partial charge in [0.2, 0.25) is 0 Å². The first-order chi connectivity index (χ1) is 15.6. The van der Waals surface area contributed by atoms with E-state index in [-0.39, 0.29) is 12.6 Å². The predicted octanol–water partition coefficient (Wildman–Crippen LogP) is -0.746. The summed E-state index contributed by atoms with van der Waals surface area (Å²) in [5.41, 5.74) is 1.99. The molecule has 0 saturated carbocycles. The lowest BCUT2D eigenvalue weighted by Gasteiger charge is -2.17. The summed E-state index contributed by atoms with van der Waals surface area (Å²) in [6, 6.07) is 3.52. The molecule has 166 valence electrons. The Labute approximate surface area is 180 Å². The van der Waals surface area contributed by atoms with E-state index in [4.69, 9.17) is 4.74 Å². The number of aliphatic hydroxyl groups is 4. The number of fused-ring (bicyclic) bond motifs is 1. The van der Waals surface area contributed by atoms with Gasteiger partial charge in [-0.15, -0.1) is 0 Å². The van der Waals surface area contributed by atoms with Gasteiger partial charge >= 0.3 is 0 Å². The van der Waals surface area contributed by atoms with E-state index in [0.717, 1.165) is 0 Å². The number of aromatic nitrogens is 7. The van der Waals surface area contributed by atoms with Crippen molar-refractivity contribution in [2.75, 3.05) is 11.9 Å². The van der Waals surface area contributed by atoms with Gasteiger partial charge in [-0.1, -0.05) is 0 Å². The van der Waals surface area contributed by atoms with Gasteiger partial charge in [-0.3, -0.25) is 9.55 Å². The van der Waals surface area contributed by atoms with Crippen LogP contribution >= 0.6 is 0 Å². The normalized spacial score (nSPS) is 23.1. The minimum atomic E-state index is -1.30. The Hall–Kier alpha value is -3.49. The van der Waals surface area contributed by atoms with E-state index >= 15 is 0 Å². The number of hydrogen-bond donors (Lipinski definition) is 5. The average Bonchev–Trinajstić information content (AvgIpc) is 3.53. The van der Waals surface area contributed by atoms with Gasteiger partial charge in [-0.05, 0) is 12.1 Å². The molecule has 0 radical (unpaired) electrons. The van der Waals surface area contributed by atoms with Crippen LogP contribution in [-0.4, -0.2) is 79.6 Å². The van der Waals surface area contributed by atoms with Crippen molar-refractivity contribution >= 4 is 22.7 Å². The topological polar surface area (TPSA) is 176 Å². The highest BCUT2D eigenvalue weighted by Gasteiger charge is 2.44. The largest absolute Gasteiger partial charge is 0.394 e. The number of nitrogens with zero attached hydrogens (tertiary/aromatic N) is 7. The van der Waals surface area contributed by atoms with Gasteiger partial charge in [0.15, 0.2) is 23.2 Å². The van der Waals surface area contributed by atoms with Gasteiger partial charge in [0.25, 0.3) is 5.95 Å². The lowest BCUT2D eigenvalue weighted by molar-refractivity contribution is -0.0511. The third-order valence-corrected chi connectivity index (χ3v) is 5.17. The fourth-order valence-corrected chi connectivity index (χ4v) is 3.51. The van der Waals surface area contributed by atoms with E-state index in [1.165, 1.54) is 21.8 Å². The Kier molecular flexibility index (Phi) is 5.24. The molecule has 5 rings (SSSR count). The van der Waals surface area contributed by atoms with Crippen LogP contribution in [0.15, 0.2) is 43.2 Å². The number of rotatable bonds is 6. The predicted molar refractivity (Wildman–Crippen MR) is 109 cm³/mol. The van der Waals surface area contributed by atoms with Crippen molar-refractivity contribution in [2.24, 2.45) is 0 Å². The van der Waals surface area contributed by atoms with Crippen molar-refractivity contribution in [3.63, 3.8) is 0 Å². The third kappa shape index (κ3) is 3.47. The number of imidazole rings is 1. The smallest absolute Gasteiger partial charge is 0.254 e. The van der Waals surface area contributed by atoms with Crippen LogP contribution < -0.4 is 5.32 Å². The highest BCUT2D eigenvalue weighted by Crippen LogP contribution is 2.33. The van der Waals surface area contributed by atoms with Crippen molar-refractivity contribution in [1.82, 2.24) is 34.3 Å². The standard InChI is InChI=1S/C19H20N8O5/c28-7-10-5-22-27(6-10)19-24-16(23-11-1-3-20-4-2-11)13-17(25-19)26(9-21-13)18-15(31)14(30)12(8-29)32-18/h1-6,9,12,14-15,18,28-31H,7-8H2,(H,20,23,24,25)/t12-,14-,15-,18-/m1/s1. The summed E-state index contributed by atoms with van der Waals surface area (Å²) < 4.78 is 8.51. The van der Waals surface area contributed by atoms with E-state index in [0.29, 0.717) is 28.2 Å². The summed E-state index contributed by atoms with van der Waals surface area (Å²) in [5.74, 6) is 0.546. The number of hydrogen-bond acceptors (Lipinski definition) is 11. The van der Waals surface area contributed by atoms with Crippen LogP contribution in [0.4, 0.5) is 11.5 Å². The van der Waals surface area contributed by atoms with E-state index < -0.39 is 31.1 Å². The molecule has 0 bridgehead atoms. The summed E-state index contributed by atoms with van der Waals surface area (Å²) >= 11 is 0. The van der Waals surface area contributed by atoms with Crippen LogP contribution in [0.25, 0.3) is 17.1 Å². The molecule has 0 unspecified atom stereocenters. The Morgan fingerprint density at radius 2 is 1.91 bits per heavy atom. The molecule has 0 amide bonds. The average molecular weight is 440 g/mol. The minimum absolute atomic E-state index is 0.183. The van der Waals surface area contributed by atoms with E-state index in [1.54, 1.807) is 30.7 Å². The van der Waals surface area contributed by atoms with Crippen LogP contribution in [0, 0.1) is 0 Å². The molecule has 13 nitrogen and oxygen atoms in total. The van der Waals surface area contributed by atoms with Gasteiger partial charge in [-0.25, -0.2) is 9.67 Å². The molecular formula is C19H20N8O5. The van der Waals surface area contributed by atoms with E-state index in [1.807, 2.05) is 0 Å². The van der Waals surface area contributed by atoms with Crippen LogP contribution in [0.3, 0.4) is 0 Å². The van der Waals surface area contributed by atoms with Crippen molar-refractivity contribution in [3.05, 3.63) is 48.8 Å². The molecule has 4 aromatic heterocycles. The Balaban J connectivity index is 1.64. The molecule has 1 saturated heterocycles. The van der Waals surface area contributed by atoms with Crippen molar-refractivity contribution in [2.45, 2.75) is 31.1 Å². The summed E-state index contributed by atoms with van der Waals surface area (Å²) in [4.78, 5) is 17.4. The highest BCUT2D eigenvalue weighted by molar-refractivity contribution is 5.86. The van der Waals surface area contributed by atoms with Gasteiger partial charge in [0, 0.05) is 29.8 Å². The van der Waals surface area contributed by atoms with Crippen molar-refractivity contribution < 1.29 is 25.2 Å². The third-order valence-electron chi connectivity index (χ3n) is 5.17. The molecule has 5 N–H and O–H groups in total. The van der Waals surface area contributed by atoms with Crippen molar-refractivity contribution in [3.8, 4) is 5.95 Å². The van der Waals surface area contributed by atoms with Crippen LogP contribution in [0.2, 0.25) is 0 Å². The first-order valence-corrected chi connectivity index (χ1v) is 9.78. The van der Waals surface area contributed by atoms with Gasteiger partial charge in [0.1, 0.15) is 18.3 Å². The second kappa shape index (κ2) is 8.22. The van der Waals surface area contributed by atoms with Crippen molar-refractivity contribution in [1.29, 1.82) is 0 Å². The monoisotopic (exact) mass is 440 g/mol. The maximum Gasteiger partial charge on any atom is 0.254 e. The number of aliphatic hydroxyl groups excluding tert-OH is 4. The lowest BCUT2D eigenvalue weighted by Crippen LogP contribution is -2.33. The van der Waals surface area contributed by atoms with E-state index in [2.05, 4.69) is 30.4 Å². The maximum absolute atomic E-state index is 10.5. The molecule has 0 aliphatic carbocycles. The first kappa shape index (κ1) is 20.4. The Bertz CT molecular complexity index is 1230. The fourth-order valence-electron chi connectivity index (χ4n) is 3.51. The number of pyridine rings is 1. The number of anilines is 2. The Morgan fingerprint density at radius 3 is 2.59 bits per heavy atom. The molecule has 4 atom stereocenters. The molecule has 0 aromatic carbocycles. The van der Waals surface area contributed by atoms with Gasteiger partial charge < -0.3 is 30.5 Å². The zero-order chi connectivity index (χ0) is 22.2. The molecule has 4 aromatic rings. The summed E-state index contributed by atoms with van der Waals surface area (Å²) in [6.07, 6.45) is 3.22. The quantitative estimate of drug-likeness (QED) is 0.255. The summed E-state index contributed by atoms with van der Waals surface area (Å²) in [7, 11) is 0. The zero-order valence-electron chi connectivity index (χ0n) is 16.6. The molecule has 1 aliphatic rings. The molecule has 1 fully saturated rings. The molecule has 32 heavy (non-hydrogen) atoms. The lowest BCUT2D eigenvalue weighted by atomic mass is 10.1. The van der Waals surface area contributed by atoms with Crippen LogP contribution in [-0.2, 0) is 11.3 Å². The second-order valence-electron chi connectivity index (χ2n) is 7.24. The molecule has 5 heterocycles. The molecular weight excluding hydrogens is 420 g/mol. The maximum atomic E-state index is 10.5. The molecule has 1 aliphatic heterocycles. The van der Waals surface area contributed by atoms with Gasteiger partial charge in [0.05, 0.1) is 25.7 Å². The fraction of sp³-hybridized carbons (Fsp3) is 0.316. The summed E-state index contributed by atoms with van der Waals surface area (Å²) in [6.45, 7) is -0.640. The number of ether oxygens (including phenoxy) is 1. The zero-order valence-corrected chi connectivity index (χ0v) is 16.6. The second-order valence-corrected chi connectivity index (χ2v) is 7.24. The summed E-state index contributed by atoms with van der Waals surface area (Å²) in [5, 5.41) is 46.8. The molecule has 0 spiro atoms. The first-order valence-electron chi connectivity index (χ1n) is 9.78. The highest BCUT2D eigenvalue weighted by atomic mass is 16.6. The van der Waals surface area contributed by atoms with Crippen LogP contribution in [0.1, 0.15) is 11.8 Å². The SMILES string of the molecule is OCc1cnn(-c2nc(Nc3ccncc3)c3ncn([C@@H]4O[C@H](CO)[C@@H](O)[C@H]4O)c3n2)c1. The van der Waals surface area contributed by atoms with Gasteiger partial charge in [-0.2, -0.15) is 15.1 Å².